The van der Waals surface area contributed by atoms with Gasteiger partial charge in [0.1, 0.15) is 6.61 Å². The van der Waals surface area contributed by atoms with Crippen molar-refractivity contribution >= 4 is 0 Å². The first-order chi connectivity index (χ1) is 8.97. The first-order valence-electron chi connectivity index (χ1n) is 6.90. The Morgan fingerprint density at radius 1 is 1.47 bits per heavy atom. The summed E-state index contributed by atoms with van der Waals surface area (Å²) in [5, 5.41) is 7.45. The van der Waals surface area contributed by atoms with Crippen LogP contribution in [0.15, 0.2) is 10.6 Å². The van der Waals surface area contributed by atoms with E-state index in [9.17, 15) is 0 Å². The predicted octanol–water partition coefficient (Wildman–Crippen LogP) is 1.78. The first kappa shape index (κ1) is 14.5. The van der Waals surface area contributed by atoms with Crippen LogP contribution in [0.4, 0.5) is 0 Å². The maximum Gasteiger partial charge on any atom is 0.162 e. The zero-order chi connectivity index (χ0) is 13.9. The molecule has 1 aliphatic carbocycles. The molecule has 19 heavy (non-hydrogen) atoms. The molecule has 0 bridgehead atoms. The van der Waals surface area contributed by atoms with E-state index in [0.717, 1.165) is 18.0 Å². The maximum atomic E-state index is 5.70. The average molecular weight is 267 g/mol. The minimum Gasteiger partial charge on any atom is -0.371 e. The van der Waals surface area contributed by atoms with Crippen LogP contribution in [0.25, 0.3) is 0 Å². The molecule has 1 heterocycles. The fraction of sp³-hybridized carbons (Fsp3) is 0.786. The van der Waals surface area contributed by atoms with Gasteiger partial charge in [-0.15, -0.1) is 0 Å². The molecule has 1 aromatic heterocycles. The fourth-order valence-electron chi connectivity index (χ4n) is 1.57. The quantitative estimate of drug-likeness (QED) is 0.778. The number of hydrogen-bond acceptors (Lipinski definition) is 5. The van der Waals surface area contributed by atoms with Gasteiger partial charge in [-0.05, 0) is 40.8 Å². The molecule has 0 atom stereocenters. The van der Waals surface area contributed by atoms with E-state index in [1.807, 2.05) is 6.07 Å². The van der Waals surface area contributed by atoms with Crippen molar-refractivity contribution in [1.29, 1.82) is 0 Å². The Bertz CT molecular complexity index is 397. The van der Waals surface area contributed by atoms with Crippen LogP contribution in [-0.2, 0) is 17.9 Å². The molecule has 1 aromatic rings. The van der Waals surface area contributed by atoms with Gasteiger partial charge in [-0.2, -0.15) is 0 Å². The van der Waals surface area contributed by atoms with Crippen molar-refractivity contribution in [3.05, 3.63) is 17.5 Å². The predicted molar refractivity (Wildman–Crippen MR) is 73.8 cm³/mol. The Morgan fingerprint density at radius 3 is 2.84 bits per heavy atom. The van der Waals surface area contributed by atoms with Gasteiger partial charge in [0, 0.05) is 24.2 Å². The van der Waals surface area contributed by atoms with Crippen LogP contribution in [0.3, 0.4) is 0 Å². The van der Waals surface area contributed by atoms with E-state index in [-0.39, 0.29) is 5.54 Å². The second kappa shape index (κ2) is 6.03. The largest absolute Gasteiger partial charge is 0.371 e. The molecular formula is C14H25N3O2. The summed E-state index contributed by atoms with van der Waals surface area (Å²) in [6.45, 7) is 6.23. The summed E-state index contributed by atoms with van der Waals surface area (Å²) in [6, 6.07) is 2.66. The maximum absolute atomic E-state index is 5.70. The monoisotopic (exact) mass is 267 g/mol. The second-order valence-electron chi connectivity index (χ2n) is 6.14. The molecule has 5 heteroatoms. The average Bonchev–Trinajstić information content (AvgIpc) is 3.06. The Kier molecular flexibility index (Phi) is 4.60. The van der Waals surface area contributed by atoms with Crippen molar-refractivity contribution in [2.75, 3.05) is 20.7 Å². The van der Waals surface area contributed by atoms with Gasteiger partial charge < -0.3 is 19.5 Å². The smallest absolute Gasteiger partial charge is 0.162 e. The van der Waals surface area contributed by atoms with E-state index in [0.29, 0.717) is 19.3 Å². The van der Waals surface area contributed by atoms with E-state index < -0.39 is 0 Å². The van der Waals surface area contributed by atoms with Crippen molar-refractivity contribution in [1.82, 2.24) is 15.4 Å². The fourth-order valence-corrected chi connectivity index (χ4v) is 1.57. The molecule has 108 valence electrons. The molecule has 1 N–H and O–H groups in total. The van der Waals surface area contributed by atoms with Gasteiger partial charge in [0.05, 0.1) is 12.3 Å². The highest BCUT2D eigenvalue weighted by Crippen LogP contribution is 2.19. The van der Waals surface area contributed by atoms with Gasteiger partial charge in [0.2, 0.25) is 0 Å². The third-order valence-corrected chi connectivity index (χ3v) is 3.67. The second-order valence-corrected chi connectivity index (χ2v) is 6.14. The molecule has 2 rings (SSSR count). The van der Waals surface area contributed by atoms with Crippen LogP contribution < -0.4 is 5.32 Å². The molecule has 1 aliphatic rings. The minimum absolute atomic E-state index is 0.0242. The summed E-state index contributed by atoms with van der Waals surface area (Å²) >= 11 is 0. The van der Waals surface area contributed by atoms with E-state index in [4.69, 9.17) is 9.26 Å². The number of nitrogens with zero attached hydrogens (tertiary/aromatic N) is 2. The number of rotatable bonds is 8. The summed E-state index contributed by atoms with van der Waals surface area (Å²) in [5.41, 5.74) is 0.980. The van der Waals surface area contributed by atoms with Gasteiger partial charge in [-0.1, -0.05) is 5.16 Å². The first-order valence-corrected chi connectivity index (χ1v) is 6.90. The summed E-state index contributed by atoms with van der Waals surface area (Å²) < 4.78 is 11.0. The van der Waals surface area contributed by atoms with Gasteiger partial charge in [-0.3, -0.25) is 0 Å². The van der Waals surface area contributed by atoms with E-state index >= 15 is 0 Å². The SMILES string of the molecule is CN(C)C(C)(C)COCc1cc(CNC2CC2)no1. The molecule has 5 nitrogen and oxygen atoms in total. The molecule has 0 saturated heterocycles. The van der Waals surface area contributed by atoms with E-state index in [2.05, 4.69) is 43.3 Å². The third kappa shape index (κ3) is 4.60. The standard InChI is InChI=1S/C14H25N3O2/c1-14(2,17(3)4)10-18-9-13-7-12(16-19-13)8-15-11-5-6-11/h7,11,15H,5-6,8-10H2,1-4H3. The van der Waals surface area contributed by atoms with Crippen LogP contribution >= 0.6 is 0 Å². The van der Waals surface area contributed by atoms with Crippen LogP contribution in [-0.4, -0.2) is 42.3 Å². The molecule has 0 spiro atoms. The van der Waals surface area contributed by atoms with Crippen molar-refractivity contribution < 1.29 is 9.26 Å². The number of hydrogen-bond donors (Lipinski definition) is 1. The van der Waals surface area contributed by atoms with Crippen LogP contribution in [0.1, 0.15) is 38.1 Å². The lowest BCUT2D eigenvalue weighted by molar-refractivity contribution is 0.0191. The number of aromatic nitrogens is 1. The zero-order valence-electron chi connectivity index (χ0n) is 12.4. The molecule has 1 fully saturated rings. The van der Waals surface area contributed by atoms with E-state index in [1.54, 1.807) is 0 Å². The summed E-state index contributed by atoms with van der Waals surface area (Å²) in [4.78, 5) is 2.15. The topological polar surface area (TPSA) is 50.5 Å². The zero-order valence-corrected chi connectivity index (χ0v) is 12.4. The summed E-state index contributed by atoms with van der Waals surface area (Å²) in [6.07, 6.45) is 2.57. The van der Waals surface area contributed by atoms with Crippen molar-refractivity contribution in [2.24, 2.45) is 0 Å². The highest BCUT2D eigenvalue weighted by Gasteiger charge is 2.22. The molecule has 0 unspecified atom stereocenters. The van der Waals surface area contributed by atoms with Gasteiger partial charge in [0.25, 0.3) is 0 Å². The van der Waals surface area contributed by atoms with Crippen LogP contribution in [0, 0.1) is 0 Å². The van der Waals surface area contributed by atoms with E-state index in [1.165, 1.54) is 12.8 Å². The Labute approximate surface area is 115 Å². The van der Waals surface area contributed by atoms with Crippen molar-refractivity contribution in [3.8, 4) is 0 Å². The Hall–Kier alpha value is -0.910. The summed E-state index contributed by atoms with van der Waals surface area (Å²) in [5.74, 6) is 0.794. The van der Waals surface area contributed by atoms with Gasteiger partial charge >= 0.3 is 0 Å². The van der Waals surface area contributed by atoms with Crippen molar-refractivity contribution in [2.45, 2.75) is 51.4 Å². The van der Waals surface area contributed by atoms with Crippen LogP contribution in [0.2, 0.25) is 0 Å². The minimum atomic E-state index is 0.0242. The number of likely N-dealkylation sites (N-methyl/N-ethyl adjacent to an activating group) is 1. The lowest BCUT2D eigenvalue weighted by Gasteiger charge is -2.31. The highest BCUT2D eigenvalue weighted by molar-refractivity contribution is 5.05. The molecule has 0 amide bonds. The Morgan fingerprint density at radius 2 is 2.21 bits per heavy atom. The normalized spacial score (nSPS) is 16.3. The van der Waals surface area contributed by atoms with Gasteiger partial charge in [0.15, 0.2) is 5.76 Å². The number of ether oxygens (including phenoxy) is 1. The Balaban J connectivity index is 1.70. The number of nitrogens with one attached hydrogen (secondary N) is 1. The summed E-state index contributed by atoms with van der Waals surface area (Å²) in [7, 11) is 4.11. The van der Waals surface area contributed by atoms with Gasteiger partial charge in [-0.25, -0.2) is 0 Å². The molecular weight excluding hydrogens is 242 g/mol. The lowest BCUT2D eigenvalue weighted by atomic mass is 10.1. The molecule has 0 aromatic carbocycles. The molecule has 0 aliphatic heterocycles. The third-order valence-electron chi connectivity index (χ3n) is 3.67. The molecule has 1 saturated carbocycles. The highest BCUT2D eigenvalue weighted by atomic mass is 16.5. The van der Waals surface area contributed by atoms with Crippen LogP contribution in [0.5, 0.6) is 0 Å². The molecule has 0 radical (unpaired) electrons. The van der Waals surface area contributed by atoms with Crippen molar-refractivity contribution in [3.63, 3.8) is 0 Å². The lowest BCUT2D eigenvalue weighted by Crippen LogP contribution is -2.42.